The van der Waals surface area contributed by atoms with Crippen molar-refractivity contribution in [2.45, 2.75) is 12.8 Å². The Morgan fingerprint density at radius 3 is 1.73 bits per heavy atom. The Balaban J connectivity index is 1.81. The van der Waals surface area contributed by atoms with E-state index < -0.39 is 0 Å². The van der Waals surface area contributed by atoms with Crippen molar-refractivity contribution in [3.8, 4) is 0 Å². The molecule has 0 amide bonds. The first kappa shape index (κ1) is 9.84. The minimum absolute atomic E-state index is 0.900. The first-order valence-electron chi connectivity index (χ1n) is 5.06. The van der Waals surface area contributed by atoms with Crippen LogP contribution >= 0.6 is 0 Å². The van der Waals surface area contributed by atoms with E-state index in [4.69, 9.17) is 0 Å². The van der Waals surface area contributed by atoms with Crippen molar-refractivity contribution in [3.63, 3.8) is 0 Å². The molecule has 2 nitrogen and oxygen atoms in total. The Hall–Kier alpha value is -1.70. The van der Waals surface area contributed by atoms with Gasteiger partial charge in [0.25, 0.3) is 0 Å². The molecule has 0 saturated carbocycles. The highest BCUT2D eigenvalue weighted by Crippen LogP contribution is 2.02. The number of rotatable bonds is 4. The normalized spacial score (nSPS) is 10.1. The molecule has 2 heterocycles. The summed E-state index contributed by atoms with van der Waals surface area (Å²) in [7, 11) is 0. The smallest absolute Gasteiger partial charge is 0.0406 e. The molecule has 0 bridgehead atoms. The Bertz CT molecular complexity index is 344. The zero-order valence-electron chi connectivity index (χ0n) is 8.50. The van der Waals surface area contributed by atoms with Gasteiger partial charge in [-0.15, -0.1) is 0 Å². The minimum Gasteiger partial charge on any atom is -0.261 e. The maximum Gasteiger partial charge on any atom is 0.0406 e. The Morgan fingerprint density at radius 2 is 1.33 bits per heavy atom. The van der Waals surface area contributed by atoms with E-state index in [0.717, 1.165) is 24.2 Å². The highest BCUT2D eigenvalue weighted by Gasteiger charge is 1.96. The van der Waals surface area contributed by atoms with Crippen molar-refractivity contribution in [2.24, 2.45) is 0 Å². The molecule has 2 aromatic rings. The van der Waals surface area contributed by atoms with Gasteiger partial charge in [0.1, 0.15) is 0 Å². The lowest BCUT2D eigenvalue weighted by Crippen LogP contribution is -1.94. The van der Waals surface area contributed by atoms with E-state index in [1.165, 1.54) is 0 Å². The molecular formula is C13H13N2. The third-order valence-electron chi connectivity index (χ3n) is 2.16. The second-order valence-electron chi connectivity index (χ2n) is 3.34. The average molecular weight is 197 g/mol. The van der Waals surface area contributed by atoms with Crippen LogP contribution < -0.4 is 0 Å². The summed E-state index contributed by atoms with van der Waals surface area (Å²) in [6.45, 7) is 0. The number of nitrogens with zero attached hydrogens (tertiary/aromatic N) is 2. The summed E-state index contributed by atoms with van der Waals surface area (Å²) in [6, 6.07) is 12.0. The third kappa shape index (κ3) is 3.17. The van der Waals surface area contributed by atoms with Crippen LogP contribution in [-0.4, -0.2) is 9.97 Å². The zero-order chi connectivity index (χ0) is 10.3. The van der Waals surface area contributed by atoms with E-state index in [1.54, 1.807) is 0 Å². The highest BCUT2D eigenvalue weighted by molar-refractivity contribution is 5.10. The van der Waals surface area contributed by atoms with Crippen molar-refractivity contribution in [1.29, 1.82) is 0 Å². The molecule has 1 radical (unpaired) electrons. The Kier molecular flexibility index (Phi) is 3.44. The topological polar surface area (TPSA) is 25.8 Å². The van der Waals surface area contributed by atoms with Gasteiger partial charge in [-0.2, -0.15) is 0 Å². The van der Waals surface area contributed by atoms with E-state index >= 15 is 0 Å². The molecule has 0 aromatic carbocycles. The molecular weight excluding hydrogens is 184 g/mol. The monoisotopic (exact) mass is 197 g/mol. The van der Waals surface area contributed by atoms with E-state index in [1.807, 2.05) is 48.8 Å². The molecule has 0 aliphatic carbocycles. The molecule has 2 heteroatoms. The second-order valence-corrected chi connectivity index (χ2v) is 3.34. The first-order valence-corrected chi connectivity index (χ1v) is 5.06. The molecule has 0 N–H and O–H groups in total. The first-order chi connectivity index (χ1) is 7.45. The molecule has 75 valence electrons. The maximum atomic E-state index is 4.26. The van der Waals surface area contributed by atoms with E-state index in [9.17, 15) is 0 Å². The van der Waals surface area contributed by atoms with Crippen molar-refractivity contribution >= 4 is 0 Å². The molecule has 0 spiro atoms. The zero-order valence-corrected chi connectivity index (χ0v) is 8.50. The van der Waals surface area contributed by atoms with E-state index in [-0.39, 0.29) is 0 Å². The van der Waals surface area contributed by atoms with Crippen LogP contribution in [0.25, 0.3) is 0 Å². The lowest BCUT2D eigenvalue weighted by Gasteiger charge is -1.99. The van der Waals surface area contributed by atoms with Gasteiger partial charge in [-0.05, 0) is 43.5 Å². The molecule has 2 aromatic heterocycles. The SMILES string of the molecule is [CH](Cc1ccccn1)Cc1ccccn1. The van der Waals surface area contributed by atoms with Gasteiger partial charge < -0.3 is 0 Å². The molecule has 0 aliphatic rings. The summed E-state index contributed by atoms with van der Waals surface area (Å²) in [5, 5.41) is 0. The van der Waals surface area contributed by atoms with Crippen LogP contribution in [0, 0.1) is 6.42 Å². The highest BCUT2D eigenvalue weighted by atomic mass is 14.7. The maximum absolute atomic E-state index is 4.26. The second kappa shape index (κ2) is 5.25. The average Bonchev–Trinajstić information content (AvgIpc) is 2.32. The van der Waals surface area contributed by atoms with Gasteiger partial charge in [-0.1, -0.05) is 12.1 Å². The predicted octanol–water partition coefficient (Wildman–Crippen LogP) is 2.47. The summed E-state index contributed by atoms with van der Waals surface area (Å²) < 4.78 is 0. The van der Waals surface area contributed by atoms with Crippen LogP contribution in [0.5, 0.6) is 0 Å². The van der Waals surface area contributed by atoms with E-state index in [0.29, 0.717) is 0 Å². The molecule has 0 saturated heterocycles. The Morgan fingerprint density at radius 1 is 0.800 bits per heavy atom. The van der Waals surface area contributed by atoms with Crippen LogP contribution in [-0.2, 0) is 12.8 Å². The van der Waals surface area contributed by atoms with Crippen LogP contribution in [0.1, 0.15) is 11.4 Å². The van der Waals surface area contributed by atoms with Crippen molar-refractivity contribution in [2.75, 3.05) is 0 Å². The van der Waals surface area contributed by atoms with Gasteiger partial charge in [0, 0.05) is 23.8 Å². The third-order valence-corrected chi connectivity index (χ3v) is 2.16. The van der Waals surface area contributed by atoms with Gasteiger partial charge in [0.2, 0.25) is 0 Å². The fraction of sp³-hybridized carbons (Fsp3) is 0.154. The lowest BCUT2D eigenvalue weighted by molar-refractivity contribution is 0.950. The van der Waals surface area contributed by atoms with Crippen molar-refractivity contribution < 1.29 is 0 Å². The molecule has 0 aliphatic heterocycles. The Labute approximate surface area is 90.0 Å². The van der Waals surface area contributed by atoms with Crippen LogP contribution in [0.15, 0.2) is 48.8 Å². The van der Waals surface area contributed by atoms with Crippen LogP contribution in [0.4, 0.5) is 0 Å². The summed E-state index contributed by atoms with van der Waals surface area (Å²) in [6.07, 6.45) is 7.65. The predicted molar refractivity (Wildman–Crippen MR) is 60.2 cm³/mol. The molecule has 0 atom stereocenters. The summed E-state index contributed by atoms with van der Waals surface area (Å²) in [5.74, 6) is 0. The lowest BCUT2D eigenvalue weighted by atomic mass is 10.1. The van der Waals surface area contributed by atoms with Crippen LogP contribution in [0.3, 0.4) is 0 Å². The molecule has 2 rings (SSSR count). The summed E-state index contributed by atoms with van der Waals surface area (Å²) in [5.41, 5.74) is 2.21. The van der Waals surface area contributed by atoms with Crippen LogP contribution in [0.2, 0.25) is 0 Å². The quantitative estimate of drug-likeness (QED) is 0.752. The standard InChI is InChI=1S/C13H13N2/c1-3-10-14-12(6-1)8-5-9-13-7-2-4-11-15-13/h1-7,10-11H,8-9H2. The van der Waals surface area contributed by atoms with Gasteiger partial charge in [-0.25, -0.2) is 0 Å². The van der Waals surface area contributed by atoms with Crippen molar-refractivity contribution in [3.05, 3.63) is 66.6 Å². The minimum atomic E-state index is 0.900. The van der Waals surface area contributed by atoms with Gasteiger partial charge in [-0.3, -0.25) is 9.97 Å². The summed E-state index contributed by atoms with van der Waals surface area (Å²) in [4.78, 5) is 8.52. The van der Waals surface area contributed by atoms with Gasteiger partial charge in [0.05, 0.1) is 0 Å². The fourth-order valence-electron chi connectivity index (χ4n) is 1.41. The summed E-state index contributed by atoms with van der Waals surface area (Å²) >= 11 is 0. The molecule has 15 heavy (non-hydrogen) atoms. The number of hydrogen-bond donors (Lipinski definition) is 0. The van der Waals surface area contributed by atoms with Gasteiger partial charge in [0.15, 0.2) is 0 Å². The number of pyridine rings is 2. The van der Waals surface area contributed by atoms with Gasteiger partial charge >= 0.3 is 0 Å². The number of aromatic nitrogens is 2. The molecule has 0 unspecified atom stereocenters. The fourth-order valence-corrected chi connectivity index (χ4v) is 1.41. The van der Waals surface area contributed by atoms with E-state index in [2.05, 4.69) is 16.4 Å². The number of hydrogen-bond acceptors (Lipinski definition) is 2. The van der Waals surface area contributed by atoms with Crippen molar-refractivity contribution in [1.82, 2.24) is 9.97 Å². The largest absolute Gasteiger partial charge is 0.261 e. The molecule has 0 fully saturated rings.